The maximum absolute atomic E-state index is 13.4. The molecule has 0 spiro atoms. The monoisotopic (exact) mass is 351 g/mol. The smallest absolute Gasteiger partial charge is 0.258 e. The van der Waals surface area contributed by atoms with Gasteiger partial charge >= 0.3 is 0 Å². The van der Waals surface area contributed by atoms with Crippen molar-refractivity contribution in [1.29, 1.82) is 0 Å². The maximum atomic E-state index is 13.4. The van der Waals surface area contributed by atoms with Gasteiger partial charge in [0, 0.05) is 30.1 Å². The van der Waals surface area contributed by atoms with E-state index in [0.717, 1.165) is 16.8 Å². The van der Waals surface area contributed by atoms with Crippen molar-refractivity contribution in [2.75, 3.05) is 11.4 Å². The molecule has 5 nitrogen and oxygen atoms in total. The molecule has 2 heterocycles. The summed E-state index contributed by atoms with van der Waals surface area (Å²) in [6.07, 6.45) is 0.328. The number of rotatable bonds is 3. The summed E-state index contributed by atoms with van der Waals surface area (Å²) in [5.74, 6) is 0.270. The van der Waals surface area contributed by atoms with E-state index < -0.39 is 0 Å². The van der Waals surface area contributed by atoms with E-state index in [9.17, 15) is 9.18 Å². The Labute approximate surface area is 150 Å². The molecular weight excluding hydrogens is 333 g/mol. The number of aryl methyl sites for hydroxylation is 2. The van der Waals surface area contributed by atoms with Crippen LogP contribution in [0.3, 0.4) is 0 Å². The molecule has 2 aromatic carbocycles. The highest BCUT2D eigenvalue weighted by molar-refractivity contribution is 5.96. The van der Waals surface area contributed by atoms with E-state index in [1.807, 2.05) is 26.0 Å². The average molecular weight is 351 g/mol. The molecule has 1 aliphatic heterocycles. The number of hydrogen-bond donors (Lipinski definition) is 0. The summed E-state index contributed by atoms with van der Waals surface area (Å²) in [7, 11) is 0. The first kappa shape index (κ1) is 16.4. The summed E-state index contributed by atoms with van der Waals surface area (Å²) in [5, 5.41) is 4.01. The van der Waals surface area contributed by atoms with Gasteiger partial charge in [-0.1, -0.05) is 17.3 Å². The van der Waals surface area contributed by atoms with Gasteiger partial charge in [-0.3, -0.25) is 4.79 Å². The van der Waals surface area contributed by atoms with Gasteiger partial charge in [-0.25, -0.2) is 4.39 Å². The quantitative estimate of drug-likeness (QED) is 0.715. The third kappa shape index (κ3) is 3.10. The highest BCUT2D eigenvalue weighted by Gasteiger charge is 2.34. The third-order valence-corrected chi connectivity index (χ3v) is 4.52. The van der Waals surface area contributed by atoms with Crippen LogP contribution in [0.1, 0.15) is 29.3 Å². The van der Waals surface area contributed by atoms with Crippen LogP contribution in [0.15, 0.2) is 47.0 Å². The fraction of sp³-hybridized carbons (Fsp3) is 0.250. The predicted molar refractivity (Wildman–Crippen MR) is 95.3 cm³/mol. The second kappa shape index (κ2) is 6.37. The Balaban J connectivity index is 1.58. The van der Waals surface area contributed by atoms with E-state index in [4.69, 9.17) is 4.52 Å². The van der Waals surface area contributed by atoms with E-state index in [2.05, 4.69) is 16.2 Å². The Bertz CT molecular complexity index is 962. The van der Waals surface area contributed by atoms with E-state index in [1.54, 1.807) is 17.0 Å². The molecule has 0 bridgehead atoms. The number of carbonyl (C=O) groups excluding carboxylic acids is 1. The van der Waals surface area contributed by atoms with Crippen LogP contribution in [-0.4, -0.2) is 22.6 Å². The first-order valence-electron chi connectivity index (χ1n) is 8.48. The molecule has 1 aromatic heterocycles. The largest absolute Gasteiger partial charge is 0.334 e. The van der Waals surface area contributed by atoms with Crippen LogP contribution in [0.25, 0.3) is 11.5 Å². The van der Waals surface area contributed by atoms with Crippen LogP contribution in [0.5, 0.6) is 0 Å². The summed E-state index contributed by atoms with van der Waals surface area (Å²) < 4.78 is 18.6. The number of anilines is 1. The molecule has 0 saturated carbocycles. The Hall–Kier alpha value is -3.02. The second-order valence-corrected chi connectivity index (χ2v) is 6.72. The number of hydrogen-bond acceptors (Lipinski definition) is 4. The number of carbonyl (C=O) groups is 1. The van der Waals surface area contributed by atoms with Gasteiger partial charge in [0.2, 0.25) is 5.91 Å². The van der Waals surface area contributed by atoms with Gasteiger partial charge in [0.05, 0.1) is 0 Å². The van der Waals surface area contributed by atoms with Crippen molar-refractivity contribution < 1.29 is 13.7 Å². The van der Waals surface area contributed by atoms with Crippen LogP contribution < -0.4 is 4.90 Å². The van der Waals surface area contributed by atoms with Crippen molar-refractivity contribution in [3.8, 4) is 11.5 Å². The molecule has 1 saturated heterocycles. The standard InChI is InChI=1S/C20H18FN3O2/c1-12-6-13(2)8-17(7-12)24-11-15(10-18(24)25)19-22-20(26-23-19)14-4-3-5-16(21)9-14/h3-9,15H,10-11H2,1-2H3. The molecule has 0 radical (unpaired) electrons. The van der Waals surface area contributed by atoms with E-state index >= 15 is 0 Å². The lowest BCUT2D eigenvalue weighted by Crippen LogP contribution is -2.24. The summed E-state index contributed by atoms with van der Waals surface area (Å²) in [6.45, 7) is 4.53. The van der Waals surface area contributed by atoms with Crippen molar-refractivity contribution in [3.63, 3.8) is 0 Å². The highest BCUT2D eigenvalue weighted by atomic mass is 19.1. The van der Waals surface area contributed by atoms with Crippen molar-refractivity contribution in [2.24, 2.45) is 0 Å². The first-order valence-corrected chi connectivity index (χ1v) is 8.48. The Kier molecular flexibility index (Phi) is 4.03. The maximum Gasteiger partial charge on any atom is 0.258 e. The summed E-state index contributed by atoms with van der Waals surface area (Å²) in [6, 6.07) is 12.1. The van der Waals surface area contributed by atoms with E-state index in [0.29, 0.717) is 24.4 Å². The van der Waals surface area contributed by atoms with Gasteiger partial charge in [0.25, 0.3) is 5.89 Å². The minimum atomic E-state index is -0.362. The second-order valence-electron chi connectivity index (χ2n) is 6.72. The molecule has 0 aliphatic carbocycles. The normalized spacial score (nSPS) is 17.1. The van der Waals surface area contributed by atoms with Crippen molar-refractivity contribution in [3.05, 3.63) is 65.2 Å². The fourth-order valence-electron chi connectivity index (χ4n) is 3.38. The van der Waals surface area contributed by atoms with Gasteiger partial charge < -0.3 is 9.42 Å². The number of aromatic nitrogens is 2. The number of nitrogens with zero attached hydrogens (tertiary/aromatic N) is 3. The molecule has 4 rings (SSSR count). The zero-order valence-corrected chi connectivity index (χ0v) is 14.6. The van der Waals surface area contributed by atoms with Crippen molar-refractivity contribution in [1.82, 2.24) is 10.1 Å². The van der Waals surface area contributed by atoms with Crippen LogP contribution in [-0.2, 0) is 4.79 Å². The Morgan fingerprint density at radius 3 is 2.65 bits per heavy atom. The molecule has 1 aliphatic rings. The molecule has 1 amide bonds. The number of halogens is 1. The van der Waals surface area contributed by atoms with Crippen molar-refractivity contribution >= 4 is 11.6 Å². The Morgan fingerprint density at radius 2 is 1.92 bits per heavy atom. The zero-order valence-electron chi connectivity index (χ0n) is 14.6. The summed E-state index contributed by atoms with van der Waals surface area (Å²) in [4.78, 5) is 18.6. The number of amides is 1. The van der Waals surface area contributed by atoms with E-state index in [-0.39, 0.29) is 23.5 Å². The van der Waals surface area contributed by atoms with Crippen molar-refractivity contribution in [2.45, 2.75) is 26.2 Å². The predicted octanol–water partition coefficient (Wildman–Crippen LogP) is 4.01. The molecule has 26 heavy (non-hydrogen) atoms. The fourth-order valence-corrected chi connectivity index (χ4v) is 3.38. The van der Waals surface area contributed by atoms with Gasteiger partial charge in [-0.05, 0) is 55.3 Å². The molecule has 1 atom stereocenters. The lowest BCUT2D eigenvalue weighted by Gasteiger charge is -2.17. The van der Waals surface area contributed by atoms with Gasteiger partial charge in [-0.15, -0.1) is 0 Å². The molecule has 3 aromatic rings. The first-order chi connectivity index (χ1) is 12.5. The minimum absolute atomic E-state index is 0.0390. The molecule has 1 unspecified atom stereocenters. The number of benzene rings is 2. The van der Waals surface area contributed by atoms with Gasteiger partial charge in [0.1, 0.15) is 5.82 Å². The zero-order chi connectivity index (χ0) is 18.3. The molecular formula is C20H18FN3O2. The Morgan fingerprint density at radius 1 is 1.15 bits per heavy atom. The third-order valence-electron chi connectivity index (χ3n) is 4.52. The van der Waals surface area contributed by atoms with Crippen LogP contribution in [0.2, 0.25) is 0 Å². The van der Waals surface area contributed by atoms with Gasteiger partial charge in [0.15, 0.2) is 5.82 Å². The highest BCUT2D eigenvalue weighted by Crippen LogP contribution is 2.32. The van der Waals surface area contributed by atoms with Crippen LogP contribution in [0, 0.1) is 19.7 Å². The van der Waals surface area contributed by atoms with E-state index in [1.165, 1.54) is 12.1 Å². The van der Waals surface area contributed by atoms with Crippen LogP contribution >= 0.6 is 0 Å². The minimum Gasteiger partial charge on any atom is -0.334 e. The summed E-state index contributed by atoms with van der Waals surface area (Å²) >= 11 is 0. The summed E-state index contributed by atoms with van der Waals surface area (Å²) in [5.41, 5.74) is 3.65. The topological polar surface area (TPSA) is 59.2 Å². The molecule has 0 N–H and O–H groups in total. The molecule has 6 heteroatoms. The lowest BCUT2D eigenvalue weighted by atomic mass is 10.1. The SMILES string of the molecule is Cc1cc(C)cc(N2CC(c3noc(-c4cccc(F)c4)n3)CC2=O)c1. The molecule has 132 valence electrons. The van der Waals surface area contributed by atoms with Crippen LogP contribution in [0.4, 0.5) is 10.1 Å². The molecule has 1 fully saturated rings. The van der Waals surface area contributed by atoms with Gasteiger partial charge in [-0.2, -0.15) is 4.98 Å². The average Bonchev–Trinajstić information content (AvgIpc) is 3.20. The lowest BCUT2D eigenvalue weighted by molar-refractivity contribution is -0.117.